The predicted molar refractivity (Wildman–Crippen MR) is 161 cm³/mol. The summed E-state index contributed by atoms with van der Waals surface area (Å²) in [5, 5.41) is 9.13. The molecule has 2 atom stereocenters. The normalized spacial score (nSPS) is 17.1. The summed E-state index contributed by atoms with van der Waals surface area (Å²) in [6.45, 7) is 5.69. The number of anilines is 1. The number of hydrogen-bond donors (Lipinski definition) is 4. The van der Waals surface area contributed by atoms with Gasteiger partial charge in [-0.3, -0.25) is 14.4 Å². The van der Waals surface area contributed by atoms with Crippen LogP contribution in [0.5, 0.6) is 0 Å². The Bertz CT molecular complexity index is 1720. The fourth-order valence-electron chi connectivity index (χ4n) is 5.92. The molecule has 41 heavy (non-hydrogen) atoms. The lowest BCUT2D eigenvalue weighted by Crippen LogP contribution is -2.27. The maximum Gasteiger partial charge on any atom is 0.256 e. The molecule has 6 rings (SSSR count). The Morgan fingerprint density at radius 3 is 2.54 bits per heavy atom. The van der Waals surface area contributed by atoms with Gasteiger partial charge in [-0.2, -0.15) is 0 Å². The summed E-state index contributed by atoms with van der Waals surface area (Å²) in [5.74, 6) is -0.608. The van der Waals surface area contributed by atoms with Crippen LogP contribution in [0.2, 0.25) is 0 Å². The van der Waals surface area contributed by atoms with Gasteiger partial charge in [-0.15, -0.1) is 0 Å². The van der Waals surface area contributed by atoms with Gasteiger partial charge in [-0.1, -0.05) is 54.6 Å². The highest BCUT2D eigenvalue weighted by Crippen LogP contribution is 2.35. The van der Waals surface area contributed by atoms with Gasteiger partial charge in [0.05, 0.1) is 23.2 Å². The van der Waals surface area contributed by atoms with Crippen LogP contribution in [-0.4, -0.2) is 22.7 Å². The molecule has 3 aromatic carbocycles. The average molecular weight is 545 g/mol. The Labute approximate surface area is 239 Å². The molecule has 1 aliphatic carbocycles. The van der Waals surface area contributed by atoms with Gasteiger partial charge in [0.25, 0.3) is 17.7 Å². The third-order valence-electron chi connectivity index (χ3n) is 8.14. The van der Waals surface area contributed by atoms with E-state index in [2.05, 4.69) is 33.1 Å². The van der Waals surface area contributed by atoms with Crippen LogP contribution in [0, 0.1) is 13.8 Å². The van der Waals surface area contributed by atoms with Crippen molar-refractivity contribution >= 4 is 35.1 Å². The quantitative estimate of drug-likeness (QED) is 0.223. The summed E-state index contributed by atoms with van der Waals surface area (Å²) in [6, 6.07) is 23.0. The Kier molecular flexibility index (Phi) is 6.79. The standard InChI is InChI=1S/C34H32N4O3/c1-19-30(35-21(3)31(19)34(41)38-28-15-13-23-11-7-8-12-25(23)28)18-27-26-17-24(14-16-29(26)37-33(27)40)32(39)36-20(2)22-9-5-4-6-10-22/h4-12,14,16-18,20,28,35H,13,15H2,1-3H3,(H,36,39)(H,37,40)(H,38,41)/b27-18-/t20-,28-/m1/s1. The van der Waals surface area contributed by atoms with Crippen molar-refractivity contribution in [2.24, 2.45) is 0 Å². The molecular formula is C34H32N4O3. The van der Waals surface area contributed by atoms with Crippen LogP contribution in [0.4, 0.5) is 5.69 Å². The molecule has 0 bridgehead atoms. The molecule has 4 N–H and O–H groups in total. The number of amides is 3. The summed E-state index contributed by atoms with van der Waals surface area (Å²) in [7, 11) is 0. The molecule has 1 aromatic heterocycles. The fourth-order valence-corrected chi connectivity index (χ4v) is 5.92. The number of H-pyrrole nitrogens is 1. The lowest BCUT2D eigenvalue weighted by Gasteiger charge is -2.15. The van der Waals surface area contributed by atoms with Crippen LogP contribution in [0.3, 0.4) is 0 Å². The average Bonchev–Trinajstić information content (AvgIpc) is 3.61. The van der Waals surface area contributed by atoms with Crippen molar-refractivity contribution < 1.29 is 14.4 Å². The molecule has 206 valence electrons. The molecule has 0 radical (unpaired) electrons. The molecule has 0 unspecified atom stereocenters. The van der Waals surface area contributed by atoms with E-state index in [0.29, 0.717) is 33.6 Å². The Balaban J connectivity index is 1.25. The number of benzene rings is 3. The Morgan fingerprint density at radius 1 is 0.976 bits per heavy atom. The molecule has 3 amide bonds. The van der Waals surface area contributed by atoms with E-state index in [9.17, 15) is 14.4 Å². The van der Waals surface area contributed by atoms with Crippen LogP contribution in [0.15, 0.2) is 72.8 Å². The molecule has 1 aliphatic heterocycles. The number of aryl methyl sites for hydroxylation is 2. The number of nitrogens with one attached hydrogen (secondary N) is 4. The molecule has 0 saturated carbocycles. The van der Waals surface area contributed by atoms with Crippen LogP contribution in [0.1, 0.15) is 85.3 Å². The number of rotatable bonds is 6. The van der Waals surface area contributed by atoms with E-state index in [1.807, 2.05) is 63.2 Å². The van der Waals surface area contributed by atoms with Crippen molar-refractivity contribution in [2.45, 2.75) is 45.7 Å². The fraction of sp³-hybridized carbons (Fsp3) is 0.206. The van der Waals surface area contributed by atoms with Crippen molar-refractivity contribution in [1.29, 1.82) is 0 Å². The summed E-state index contributed by atoms with van der Waals surface area (Å²) >= 11 is 0. The van der Waals surface area contributed by atoms with E-state index in [4.69, 9.17) is 0 Å². The van der Waals surface area contributed by atoms with Gasteiger partial charge in [0.2, 0.25) is 0 Å². The zero-order valence-electron chi connectivity index (χ0n) is 23.3. The van der Waals surface area contributed by atoms with Crippen molar-refractivity contribution in [2.75, 3.05) is 5.32 Å². The zero-order valence-corrected chi connectivity index (χ0v) is 23.3. The lowest BCUT2D eigenvalue weighted by atomic mass is 10.0. The minimum atomic E-state index is -0.254. The number of fused-ring (bicyclic) bond motifs is 2. The minimum Gasteiger partial charge on any atom is -0.358 e. The van der Waals surface area contributed by atoms with Crippen LogP contribution in [0.25, 0.3) is 11.6 Å². The summed E-state index contributed by atoms with van der Waals surface area (Å²) in [6.07, 6.45) is 3.59. The predicted octanol–water partition coefficient (Wildman–Crippen LogP) is 6.03. The number of carbonyl (C=O) groups is 3. The van der Waals surface area contributed by atoms with Crippen LogP contribution < -0.4 is 16.0 Å². The second-order valence-electron chi connectivity index (χ2n) is 10.8. The molecule has 7 nitrogen and oxygen atoms in total. The van der Waals surface area contributed by atoms with Gasteiger partial charge in [-0.05, 0) is 80.1 Å². The number of carbonyl (C=O) groups excluding carboxylic acids is 3. The monoisotopic (exact) mass is 544 g/mol. The van der Waals surface area contributed by atoms with E-state index in [-0.39, 0.29) is 29.8 Å². The number of hydrogen-bond acceptors (Lipinski definition) is 3. The third kappa shape index (κ3) is 4.95. The first kappa shape index (κ1) is 26.3. The molecule has 2 aliphatic rings. The largest absolute Gasteiger partial charge is 0.358 e. The van der Waals surface area contributed by atoms with Crippen molar-refractivity contribution in [3.05, 3.63) is 123 Å². The molecule has 7 heteroatoms. The summed E-state index contributed by atoms with van der Waals surface area (Å²) in [5.41, 5.74) is 8.43. The smallest absolute Gasteiger partial charge is 0.256 e. The second-order valence-corrected chi connectivity index (χ2v) is 10.8. The first-order valence-electron chi connectivity index (χ1n) is 13.9. The van der Waals surface area contributed by atoms with Gasteiger partial charge in [0, 0.05) is 28.2 Å². The lowest BCUT2D eigenvalue weighted by molar-refractivity contribution is -0.110. The topological polar surface area (TPSA) is 103 Å². The SMILES string of the molecule is Cc1[nH]c(/C=C2\C(=O)Nc3ccc(C(=O)N[C@H](C)c4ccccc4)cc32)c(C)c1C(=O)N[C@@H]1CCc2ccccc21. The second kappa shape index (κ2) is 10.6. The molecule has 0 saturated heterocycles. The molecule has 0 spiro atoms. The first-order valence-corrected chi connectivity index (χ1v) is 13.9. The maximum absolute atomic E-state index is 13.4. The van der Waals surface area contributed by atoms with Gasteiger partial charge < -0.3 is 20.9 Å². The molecular weight excluding hydrogens is 512 g/mol. The van der Waals surface area contributed by atoms with Crippen molar-refractivity contribution in [1.82, 2.24) is 15.6 Å². The highest BCUT2D eigenvalue weighted by atomic mass is 16.2. The molecule has 2 heterocycles. The number of aromatic amines is 1. The Morgan fingerprint density at radius 2 is 1.73 bits per heavy atom. The van der Waals surface area contributed by atoms with E-state index in [1.165, 1.54) is 11.1 Å². The molecule has 4 aromatic rings. The van der Waals surface area contributed by atoms with E-state index < -0.39 is 0 Å². The number of aromatic nitrogens is 1. The van der Waals surface area contributed by atoms with Gasteiger partial charge in [-0.25, -0.2) is 0 Å². The van der Waals surface area contributed by atoms with E-state index in [0.717, 1.165) is 29.7 Å². The van der Waals surface area contributed by atoms with Gasteiger partial charge in [0.1, 0.15) is 0 Å². The first-order chi connectivity index (χ1) is 19.8. The highest BCUT2D eigenvalue weighted by Gasteiger charge is 2.29. The third-order valence-corrected chi connectivity index (χ3v) is 8.14. The van der Waals surface area contributed by atoms with Crippen LogP contribution >= 0.6 is 0 Å². The van der Waals surface area contributed by atoms with Crippen molar-refractivity contribution in [3.63, 3.8) is 0 Å². The van der Waals surface area contributed by atoms with Crippen molar-refractivity contribution in [3.8, 4) is 0 Å². The van der Waals surface area contributed by atoms with Gasteiger partial charge in [0.15, 0.2) is 0 Å². The zero-order chi connectivity index (χ0) is 28.7. The highest BCUT2D eigenvalue weighted by molar-refractivity contribution is 6.35. The molecule has 0 fully saturated rings. The van der Waals surface area contributed by atoms with E-state index >= 15 is 0 Å². The minimum absolute atomic E-state index is 0.0177. The Hall–Kier alpha value is -4.91. The summed E-state index contributed by atoms with van der Waals surface area (Å²) in [4.78, 5) is 42.8. The van der Waals surface area contributed by atoms with E-state index in [1.54, 1.807) is 24.3 Å². The summed E-state index contributed by atoms with van der Waals surface area (Å²) < 4.78 is 0. The van der Waals surface area contributed by atoms with Gasteiger partial charge >= 0.3 is 0 Å². The van der Waals surface area contributed by atoms with Crippen LogP contribution in [-0.2, 0) is 11.2 Å². The maximum atomic E-state index is 13.4.